The summed E-state index contributed by atoms with van der Waals surface area (Å²) in [5.41, 5.74) is 1.99. The van der Waals surface area contributed by atoms with E-state index in [0.29, 0.717) is 48.8 Å². The van der Waals surface area contributed by atoms with Gasteiger partial charge in [-0.2, -0.15) is 5.10 Å². The summed E-state index contributed by atoms with van der Waals surface area (Å²) in [6.45, 7) is 1.28. The van der Waals surface area contributed by atoms with Gasteiger partial charge in [-0.3, -0.25) is 10.1 Å². The molecule has 8 nitrogen and oxygen atoms in total. The fourth-order valence-corrected chi connectivity index (χ4v) is 3.53. The van der Waals surface area contributed by atoms with Crippen molar-refractivity contribution >= 4 is 16.9 Å². The van der Waals surface area contributed by atoms with Gasteiger partial charge in [0.25, 0.3) is 0 Å². The number of ether oxygens (including phenoxy) is 1. The lowest BCUT2D eigenvalue weighted by molar-refractivity contribution is 0.163. The Kier molecular flexibility index (Phi) is 4.66. The van der Waals surface area contributed by atoms with Crippen LogP contribution in [0.3, 0.4) is 0 Å². The van der Waals surface area contributed by atoms with Crippen molar-refractivity contribution in [2.75, 3.05) is 18.0 Å². The monoisotopic (exact) mass is 409 g/mol. The summed E-state index contributed by atoms with van der Waals surface area (Å²) in [7, 11) is 0. The summed E-state index contributed by atoms with van der Waals surface area (Å²) in [6, 6.07) is 5.15. The second kappa shape index (κ2) is 7.62. The average Bonchev–Trinajstić information content (AvgIpc) is 3.30. The highest BCUT2D eigenvalue weighted by Crippen LogP contribution is 2.30. The zero-order valence-electron chi connectivity index (χ0n) is 15.8. The normalized spacial score (nSPS) is 14.9. The van der Waals surface area contributed by atoms with Crippen molar-refractivity contribution in [2.24, 2.45) is 0 Å². The molecule has 4 heterocycles. The topological polar surface area (TPSA) is 92.7 Å². The van der Waals surface area contributed by atoms with E-state index in [4.69, 9.17) is 9.72 Å². The van der Waals surface area contributed by atoms with E-state index in [-0.39, 0.29) is 11.9 Å². The molecule has 0 bridgehead atoms. The van der Waals surface area contributed by atoms with E-state index in [1.165, 1.54) is 18.5 Å². The molecule has 0 atom stereocenters. The lowest BCUT2D eigenvalue weighted by Crippen LogP contribution is -2.39. The van der Waals surface area contributed by atoms with Gasteiger partial charge in [-0.15, -0.1) is 0 Å². The molecule has 1 saturated heterocycles. The fraction of sp³-hybridized carbons (Fsp3) is 0.250. The van der Waals surface area contributed by atoms with Gasteiger partial charge in [0.1, 0.15) is 23.8 Å². The van der Waals surface area contributed by atoms with Gasteiger partial charge in [0, 0.05) is 38.2 Å². The predicted octanol–water partition coefficient (Wildman–Crippen LogP) is 3.14. The number of halogens is 2. The Labute approximate surface area is 170 Å². The van der Waals surface area contributed by atoms with Crippen LogP contribution in [0.4, 0.5) is 14.6 Å². The quantitative estimate of drug-likeness (QED) is 0.554. The van der Waals surface area contributed by atoms with Crippen molar-refractivity contribution < 1.29 is 13.5 Å². The van der Waals surface area contributed by atoms with Gasteiger partial charge in [-0.25, -0.2) is 23.7 Å². The van der Waals surface area contributed by atoms with Crippen molar-refractivity contribution in [3.05, 3.63) is 54.6 Å². The van der Waals surface area contributed by atoms with Gasteiger partial charge in [0.15, 0.2) is 28.9 Å². The first-order valence-electron chi connectivity index (χ1n) is 9.51. The third-order valence-electron chi connectivity index (χ3n) is 5.02. The van der Waals surface area contributed by atoms with E-state index in [9.17, 15) is 8.78 Å². The predicted molar refractivity (Wildman–Crippen MR) is 105 cm³/mol. The molecule has 1 aliphatic heterocycles. The number of H-pyrrole nitrogens is 1. The zero-order chi connectivity index (χ0) is 20.5. The molecule has 1 aromatic carbocycles. The van der Waals surface area contributed by atoms with Crippen molar-refractivity contribution in [1.29, 1.82) is 0 Å². The second-order valence-electron chi connectivity index (χ2n) is 6.97. The summed E-state index contributed by atoms with van der Waals surface area (Å²) in [5, 5.41) is 6.76. The van der Waals surface area contributed by atoms with Crippen LogP contribution in [0, 0.1) is 11.6 Å². The number of aromatic amines is 1. The van der Waals surface area contributed by atoms with Gasteiger partial charge in [-0.1, -0.05) is 0 Å². The van der Waals surface area contributed by atoms with Crippen molar-refractivity contribution in [3.8, 4) is 17.3 Å². The van der Waals surface area contributed by atoms with E-state index >= 15 is 0 Å². The van der Waals surface area contributed by atoms with Crippen molar-refractivity contribution in [3.63, 3.8) is 0 Å². The lowest BCUT2D eigenvalue weighted by Gasteiger charge is -2.33. The SMILES string of the molecule is Fc1ccc(OC2CCN(c3nc4ccncc4nc3-c3ncn[nH]3)CC2)c(F)c1. The first kappa shape index (κ1) is 18.3. The highest BCUT2D eigenvalue weighted by molar-refractivity contribution is 5.81. The Morgan fingerprint density at radius 1 is 1.07 bits per heavy atom. The Morgan fingerprint density at radius 2 is 1.93 bits per heavy atom. The van der Waals surface area contributed by atoms with Crippen LogP contribution >= 0.6 is 0 Å². The molecule has 5 rings (SSSR count). The largest absolute Gasteiger partial charge is 0.487 e. The zero-order valence-corrected chi connectivity index (χ0v) is 15.8. The van der Waals surface area contributed by atoms with Gasteiger partial charge < -0.3 is 9.64 Å². The van der Waals surface area contributed by atoms with Gasteiger partial charge in [-0.05, 0) is 18.2 Å². The van der Waals surface area contributed by atoms with E-state index < -0.39 is 11.6 Å². The Balaban J connectivity index is 1.38. The number of nitrogens with one attached hydrogen (secondary N) is 1. The first-order valence-corrected chi connectivity index (χ1v) is 9.51. The molecule has 152 valence electrons. The average molecular weight is 409 g/mol. The molecule has 1 aliphatic rings. The molecule has 30 heavy (non-hydrogen) atoms. The summed E-state index contributed by atoms with van der Waals surface area (Å²) in [5.74, 6) is -0.0409. The summed E-state index contributed by atoms with van der Waals surface area (Å²) in [4.78, 5) is 19.9. The summed E-state index contributed by atoms with van der Waals surface area (Å²) < 4.78 is 32.7. The molecule has 0 spiro atoms. The van der Waals surface area contributed by atoms with E-state index in [0.717, 1.165) is 11.6 Å². The third-order valence-corrected chi connectivity index (χ3v) is 5.02. The Morgan fingerprint density at radius 3 is 2.70 bits per heavy atom. The smallest absolute Gasteiger partial charge is 0.177 e. The minimum Gasteiger partial charge on any atom is -0.487 e. The maximum absolute atomic E-state index is 13.9. The number of aromatic nitrogens is 6. The number of hydrogen-bond acceptors (Lipinski definition) is 7. The van der Waals surface area contributed by atoms with E-state index in [1.54, 1.807) is 12.4 Å². The standard InChI is InChI=1S/C20H17F2N7O/c21-12-1-2-17(14(22)9-12)30-13-4-7-29(8-5-13)20-18(19-24-11-25-28-19)26-16-10-23-6-3-15(16)27-20/h1-3,6,9-11,13H,4-5,7-8H2,(H,24,25,28). The minimum absolute atomic E-state index is 0.0650. The Hall–Kier alpha value is -3.69. The van der Waals surface area contributed by atoms with Crippen LogP contribution in [0.1, 0.15) is 12.8 Å². The van der Waals surface area contributed by atoms with Crippen LogP contribution in [0.2, 0.25) is 0 Å². The number of fused-ring (bicyclic) bond motifs is 1. The third kappa shape index (κ3) is 3.51. The number of benzene rings is 1. The molecule has 0 radical (unpaired) electrons. The van der Waals surface area contributed by atoms with Crippen LogP contribution in [0.5, 0.6) is 5.75 Å². The molecule has 10 heteroatoms. The van der Waals surface area contributed by atoms with Gasteiger partial charge in [0.2, 0.25) is 0 Å². The lowest BCUT2D eigenvalue weighted by atomic mass is 10.1. The molecular formula is C20H17F2N7O. The molecular weight excluding hydrogens is 392 g/mol. The maximum atomic E-state index is 13.9. The number of nitrogens with zero attached hydrogens (tertiary/aromatic N) is 6. The molecule has 0 amide bonds. The van der Waals surface area contributed by atoms with Crippen LogP contribution in [-0.2, 0) is 0 Å². The number of rotatable bonds is 4. The molecule has 3 aromatic heterocycles. The second-order valence-corrected chi connectivity index (χ2v) is 6.97. The first-order chi connectivity index (χ1) is 14.7. The van der Waals surface area contributed by atoms with Crippen LogP contribution < -0.4 is 9.64 Å². The molecule has 1 fully saturated rings. The van der Waals surface area contributed by atoms with Gasteiger partial charge >= 0.3 is 0 Å². The minimum atomic E-state index is -0.695. The molecule has 0 saturated carbocycles. The summed E-state index contributed by atoms with van der Waals surface area (Å²) >= 11 is 0. The highest BCUT2D eigenvalue weighted by Gasteiger charge is 2.26. The number of pyridine rings is 1. The van der Waals surface area contributed by atoms with Gasteiger partial charge in [0.05, 0.1) is 11.7 Å². The summed E-state index contributed by atoms with van der Waals surface area (Å²) in [6.07, 6.45) is 5.89. The number of piperidine rings is 1. The molecule has 1 N–H and O–H groups in total. The van der Waals surface area contributed by atoms with Crippen LogP contribution in [0.25, 0.3) is 22.6 Å². The number of hydrogen-bond donors (Lipinski definition) is 1. The number of anilines is 1. The molecule has 4 aromatic rings. The highest BCUT2D eigenvalue weighted by atomic mass is 19.1. The van der Waals surface area contributed by atoms with E-state index in [1.807, 2.05) is 6.07 Å². The van der Waals surface area contributed by atoms with Crippen LogP contribution in [0.15, 0.2) is 43.0 Å². The van der Waals surface area contributed by atoms with Crippen molar-refractivity contribution in [1.82, 2.24) is 30.1 Å². The van der Waals surface area contributed by atoms with Crippen LogP contribution in [-0.4, -0.2) is 49.3 Å². The maximum Gasteiger partial charge on any atom is 0.177 e. The Bertz CT molecular complexity index is 1180. The fourth-order valence-electron chi connectivity index (χ4n) is 3.53. The molecule has 0 unspecified atom stereocenters. The van der Waals surface area contributed by atoms with Crippen molar-refractivity contribution in [2.45, 2.75) is 18.9 Å². The molecule has 0 aliphatic carbocycles. The van der Waals surface area contributed by atoms with E-state index in [2.05, 4.69) is 30.0 Å².